The van der Waals surface area contributed by atoms with Crippen LogP contribution < -0.4 is 5.32 Å². The Bertz CT molecular complexity index is 776. The van der Waals surface area contributed by atoms with Crippen molar-refractivity contribution in [2.24, 2.45) is 0 Å². The van der Waals surface area contributed by atoms with Crippen LogP contribution in [-0.2, 0) is 9.84 Å². The van der Waals surface area contributed by atoms with E-state index in [0.717, 1.165) is 5.69 Å². The number of sulfone groups is 1. The minimum Gasteiger partial charge on any atom is -0.331 e. The number of halogens is 2. The second-order valence-electron chi connectivity index (χ2n) is 4.93. The topological polar surface area (TPSA) is 59.1 Å². The van der Waals surface area contributed by atoms with Crippen LogP contribution in [0.3, 0.4) is 0 Å². The third-order valence-electron chi connectivity index (χ3n) is 3.34. The molecule has 3 rings (SSSR count). The summed E-state index contributed by atoms with van der Waals surface area (Å²) in [5.41, 5.74) is 1.43. The van der Waals surface area contributed by atoms with Crippen LogP contribution in [0.15, 0.2) is 23.6 Å². The van der Waals surface area contributed by atoms with E-state index in [1.807, 2.05) is 5.38 Å². The molecule has 2 heterocycles. The number of hydrogen-bond donors (Lipinski definition) is 1. The minimum absolute atomic E-state index is 0.0291. The third kappa shape index (κ3) is 3.36. The standard InChI is InChI=1S/C13H12ClFN2O2S2/c14-10-5-9(1-2-11(10)15)16-13-17-12(6-20-13)8-3-4-21(18,19)7-8/h1-2,5-6,8H,3-4,7H2,(H,16,17)/t8-/m0/s1. The zero-order chi connectivity index (χ0) is 15.0. The van der Waals surface area contributed by atoms with E-state index < -0.39 is 15.7 Å². The quantitative estimate of drug-likeness (QED) is 0.922. The molecule has 1 aliphatic heterocycles. The number of anilines is 2. The zero-order valence-electron chi connectivity index (χ0n) is 10.8. The predicted octanol–water partition coefficient (Wildman–Crippen LogP) is 3.58. The molecule has 4 nitrogen and oxygen atoms in total. The molecular weight excluding hydrogens is 335 g/mol. The van der Waals surface area contributed by atoms with Crippen molar-refractivity contribution in [2.75, 3.05) is 16.8 Å². The van der Waals surface area contributed by atoms with Crippen LogP contribution in [0.1, 0.15) is 18.0 Å². The molecule has 0 amide bonds. The Hall–Kier alpha value is -1.18. The fraction of sp³-hybridized carbons (Fsp3) is 0.308. The van der Waals surface area contributed by atoms with Gasteiger partial charge in [-0.25, -0.2) is 17.8 Å². The van der Waals surface area contributed by atoms with E-state index in [0.29, 0.717) is 17.2 Å². The van der Waals surface area contributed by atoms with Crippen molar-refractivity contribution in [1.29, 1.82) is 0 Å². The van der Waals surface area contributed by atoms with Gasteiger partial charge in [-0.15, -0.1) is 11.3 Å². The van der Waals surface area contributed by atoms with E-state index in [-0.39, 0.29) is 22.4 Å². The van der Waals surface area contributed by atoms with Gasteiger partial charge in [0.05, 0.1) is 22.2 Å². The van der Waals surface area contributed by atoms with E-state index in [4.69, 9.17) is 11.6 Å². The van der Waals surface area contributed by atoms with Crippen LogP contribution in [0, 0.1) is 5.82 Å². The highest BCUT2D eigenvalue weighted by Crippen LogP contribution is 2.32. The first kappa shape index (κ1) is 14.7. The Labute approximate surface area is 130 Å². The third-order valence-corrected chi connectivity index (χ3v) is 6.18. The highest BCUT2D eigenvalue weighted by molar-refractivity contribution is 7.91. The molecule has 1 saturated heterocycles. The van der Waals surface area contributed by atoms with Gasteiger partial charge in [-0.2, -0.15) is 0 Å². The average Bonchev–Trinajstić information content (AvgIpc) is 3.00. The smallest absolute Gasteiger partial charge is 0.187 e. The number of thiazole rings is 1. The van der Waals surface area contributed by atoms with Gasteiger partial charge in [0.15, 0.2) is 15.0 Å². The average molecular weight is 347 g/mol. The summed E-state index contributed by atoms with van der Waals surface area (Å²) in [6, 6.07) is 4.34. The molecule has 1 aliphatic rings. The lowest BCUT2D eigenvalue weighted by Gasteiger charge is -2.04. The molecule has 1 N–H and O–H groups in total. The fourth-order valence-electron chi connectivity index (χ4n) is 2.26. The zero-order valence-corrected chi connectivity index (χ0v) is 13.2. The Kier molecular flexibility index (Phi) is 3.90. The molecule has 0 unspecified atom stereocenters. The highest BCUT2D eigenvalue weighted by Gasteiger charge is 2.30. The van der Waals surface area contributed by atoms with Gasteiger partial charge in [-0.1, -0.05) is 11.6 Å². The first-order valence-corrected chi connectivity index (χ1v) is 9.39. The van der Waals surface area contributed by atoms with Crippen molar-refractivity contribution < 1.29 is 12.8 Å². The second kappa shape index (κ2) is 5.55. The molecular formula is C13H12ClFN2O2S2. The molecule has 1 fully saturated rings. The molecule has 0 saturated carbocycles. The number of nitrogens with zero attached hydrogens (tertiary/aromatic N) is 1. The maximum atomic E-state index is 13.1. The summed E-state index contributed by atoms with van der Waals surface area (Å²) in [6.45, 7) is 0. The molecule has 8 heteroatoms. The maximum absolute atomic E-state index is 13.1. The van der Waals surface area contributed by atoms with Crippen LogP contribution in [0.4, 0.5) is 15.2 Å². The molecule has 1 atom stereocenters. The Morgan fingerprint density at radius 3 is 2.90 bits per heavy atom. The highest BCUT2D eigenvalue weighted by atomic mass is 35.5. The second-order valence-corrected chi connectivity index (χ2v) is 8.43. The largest absolute Gasteiger partial charge is 0.331 e. The van der Waals surface area contributed by atoms with Gasteiger partial charge >= 0.3 is 0 Å². The number of aromatic nitrogens is 1. The fourth-order valence-corrected chi connectivity index (χ4v) is 5.01. The van der Waals surface area contributed by atoms with Crippen molar-refractivity contribution in [3.05, 3.63) is 40.1 Å². The van der Waals surface area contributed by atoms with Crippen LogP contribution in [0.2, 0.25) is 5.02 Å². The van der Waals surface area contributed by atoms with Gasteiger partial charge in [-0.05, 0) is 24.6 Å². The summed E-state index contributed by atoms with van der Waals surface area (Å²) < 4.78 is 36.1. The molecule has 0 radical (unpaired) electrons. The summed E-state index contributed by atoms with van der Waals surface area (Å²) in [5, 5.41) is 5.58. The lowest BCUT2D eigenvalue weighted by atomic mass is 10.1. The molecule has 0 aliphatic carbocycles. The van der Waals surface area contributed by atoms with Gasteiger partial charge in [0.2, 0.25) is 0 Å². The van der Waals surface area contributed by atoms with Crippen LogP contribution in [-0.4, -0.2) is 24.9 Å². The van der Waals surface area contributed by atoms with E-state index in [9.17, 15) is 12.8 Å². The Balaban J connectivity index is 1.75. The number of rotatable bonds is 3. The first-order valence-electron chi connectivity index (χ1n) is 6.31. The molecule has 21 heavy (non-hydrogen) atoms. The summed E-state index contributed by atoms with van der Waals surface area (Å²) in [7, 11) is -2.92. The Morgan fingerprint density at radius 2 is 2.24 bits per heavy atom. The van der Waals surface area contributed by atoms with Gasteiger partial charge in [0.25, 0.3) is 0 Å². The predicted molar refractivity (Wildman–Crippen MR) is 82.8 cm³/mol. The lowest BCUT2D eigenvalue weighted by molar-refractivity contribution is 0.601. The van der Waals surface area contributed by atoms with Gasteiger partial charge in [0.1, 0.15) is 5.82 Å². The van der Waals surface area contributed by atoms with E-state index >= 15 is 0 Å². The lowest BCUT2D eigenvalue weighted by Crippen LogP contribution is -2.04. The molecule has 1 aromatic heterocycles. The summed E-state index contributed by atoms with van der Waals surface area (Å²) in [6.07, 6.45) is 0.619. The number of hydrogen-bond acceptors (Lipinski definition) is 5. The summed E-state index contributed by atoms with van der Waals surface area (Å²) in [5.74, 6) is -0.110. The SMILES string of the molecule is O=S1(=O)CC[C@H](c2csc(Nc3ccc(F)c(Cl)c3)n2)C1. The van der Waals surface area contributed by atoms with Gasteiger partial charge in [-0.3, -0.25) is 0 Å². The molecule has 1 aromatic carbocycles. The Morgan fingerprint density at radius 1 is 1.43 bits per heavy atom. The van der Waals surface area contributed by atoms with Crippen LogP contribution >= 0.6 is 22.9 Å². The van der Waals surface area contributed by atoms with E-state index in [1.165, 1.54) is 23.5 Å². The van der Waals surface area contributed by atoms with Gasteiger partial charge in [0, 0.05) is 17.0 Å². The van der Waals surface area contributed by atoms with Crippen LogP contribution in [0.25, 0.3) is 0 Å². The molecule has 0 bridgehead atoms. The summed E-state index contributed by atoms with van der Waals surface area (Å²) in [4.78, 5) is 4.41. The van der Waals surface area contributed by atoms with Crippen molar-refractivity contribution >= 4 is 43.6 Å². The first-order chi connectivity index (χ1) is 9.93. The maximum Gasteiger partial charge on any atom is 0.187 e. The van der Waals surface area contributed by atoms with Crippen molar-refractivity contribution in [1.82, 2.24) is 4.98 Å². The number of benzene rings is 1. The molecule has 0 spiro atoms. The van der Waals surface area contributed by atoms with E-state index in [2.05, 4.69) is 10.3 Å². The minimum atomic E-state index is -2.92. The molecule has 2 aromatic rings. The summed E-state index contributed by atoms with van der Waals surface area (Å²) >= 11 is 7.11. The van der Waals surface area contributed by atoms with Gasteiger partial charge < -0.3 is 5.32 Å². The van der Waals surface area contributed by atoms with Crippen molar-refractivity contribution in [3.8, 4) is 0 Å². The molecule has 112 valence electrons. The normalized spacial score (nSPS) is 20.6. The van der Waals surface area contributed by atoms with Crippen molar-refractivity contribution in [3.63, 3.8) is 0 Å². The number of nitrogens with one attached hydrogen (secondary N) is 1. The van der Waals surface area contributed by atoms with Crippen molar-refractivity contribution in [2.45, 2.75) is 12.3 Å². The monoisotopic (exact) mass is 346 g/mol. The van der Waals surface area contributed by atoms with E-state index in [1.54, 1.807) is 6.07 Å². The van der Waals surface area contributed by atoms with Crippen LogP contribution in [0.5, 0.6) is 0 Å².